The van der Waals surface area contributed by atoms with E-state index in [9.17, 15) is 9.59 Å². The molecule has 0 atom stereocenters. The number of benzene rings is 3. The van der Waals surface area contributed by atoms with Gasteiger partial charge >= 0.3 is 0 Å². The molecular weight excluding hydrogens is 526 g/mol. The first kappa shape index (κ1) is 28.3. The van der Waals surface area contributed by atoms with E-state index in [4.69, 9.17) is 0 Å². The molecule has 0 unspecified atom stereocenters. The van der Waals surface area contributed by atoms with Gasteiger partial charge in [-0.15, -0.1) is 0 Å². The first-order valence-corrected chi connectivity index (χ1v) is 13.6. The minimum absolute atomic E-state index is 0.107. The number of nitrogens with one attached hydrogen (secondary N) is 2. The zero-order valence-corrected chi connectivity index (χ0v) is 24.2. The fourth-order valence-electron chi connectivity index (χ4n) is 4.68. The van der Waals surface area contributed by atoms with E-state index in [-0.39, 0.29) is 17.7 Å². The van der Waals surface area contributed by atoms with Crippen LogP contribution in [0.5, 0.6) is 0 Å². The highest BCUT2D eigenvalue weighted by atomic mass is 16.2. The van der Waals surface area contributed by atoms with Gasteiger partial charge in [-0.3, -0.25) is 14.3 Å². The molecule has 5 rings (SSSR count). The van der Waals surface area contributed by atoms with Gasteiger partial charge in [0, 0.05) is 42.1 Å². The van der Waals surface area contributed by atoms with E-state index in [1.807, 2.05) is 74.8 Å². The molecule has 0 saturated heterocycles. The summed E-state index contributed by atoms with van der Waals surface area (Å²) in [6.45, 7) is 3.14. The maximum absolute atomic E-state index is 13.0. The Kier molecular flexibility index (Phi) is 8.46. The van der Waals surface area contributed by atoms with Crippen LogP contribution in [0.3, 0.4) is 0 Å². The van der Waals surface area contributed by atoms with Crippen molar-refractivity contribution in [1.82, 2.24) is 29.5 Å². The average molecular weight is 560 g/mol. The zero-order chi connectivity index (χ0) is 29.6. The first-order chi connectivity index (χ1) is 20.3. The van der Waals surface area contributed by atoms with Crippen LogP contribution in [0.2, 0.25) is 0 Å². The topological polar surface area (TPSA) is 97.1 Å². The summed E-state index contributed by atoms with van der Waals surface area (Å²) in [6, 6.07) is 23.6. The van der Waals surface area contributed by atoms with Crippen molar-refractivity contribution in [1.29, 1.82) is 0 Å². The molecule has 212 valence electrons. The Labute approximate surface area is 244 Å². The van der Waals surface area contributed by atoms with Gasteiger partial charge in [-0.25, -0.2) is 14.6 Å². The predicted molar refractivity (Wildman–Crippen MR) is 166 cm³/mol. The Hall–Kier alpha value is -5.20. The van der Waals surface area contributed by atoms with Gasteiger partial charge in [0.15, 0.2) is 0 Å². The molecule has 0 aliphatic carbocycles. The number of aromatic nitrogens is 4. The van der Waals surface area contributed by atoms with Gasteiger partial charge in [0.25, 0.3) is 11.5 Å². The molecule has 2 N–H and O–H groups in total. The van der Waals surface area contributed by atoms with E-state index in [0.717, 1.165) is 34.3 Å². The fourth-order valence-corrected chi connectivity index (χ4v) is 4.68. The summed E-state index contributed by atoms with van der Waals surface area (Å²) < 4.78 is 3.28. The number of amides is 1. The number of anilines is 2. The molecule has 0 fully saturated rings. The van der Waals surface area contributed by atoms with Gasteiger partial charge in [-0.1, -0.05) is 54.3 Å². The second-order valence-corrected chi connectivity index (χ2v) is 10.3. The van der Waals surface area contributed by atoms with Crippen LogP contribution in [0.1, 0.15) is 32.7 Å². The summed E-state index contributed by atoms with van der Waals surface area (Å²) in [4.78, 5) is 37.1. The van der Waals surface area contributed by atoms with E-state index >= 15 is 0 Å². The average Bonchev–Trinajstić information content (AvgIpc) is 3.19. The number of carbonyl (C=O) groups excluding carboxylic acids is 1. The predicted octanol–water partition coefficient (Wildman–Crippen LogP) is 4.07. The standard InChI is InChI=1S/C33H33N7O2/c1-23-30(32(42)40(39(23)4)22-25-9-6-5-7-10-25)31(41)34-18-8-11-24-14-17-29-27(19-24)20-35-33(37-29)36-28-15-12-26(13-16-28)21-38(2)3/h5-7,9-10,12-17,19-20H,18,21-22H2,1-4H3,(H,34,41)(H,35,36,37). The van der Waals surface area contributed by atoms with Crippen LogP contribution >= 0.6 is 0 Å². The lowest BCUT2D eigenvalue weighted by Crippen LogP contribution is -2.31. The number of fused-ring (bicyclic) bond motifs is 1. The molecular formula is C33H33N7O2. The van der Waals surface area contributed by atoms with Gasteiger partial charge in [0.05, 0.1) is 18.6 Å². The van der Waals surface area contributed by atoms with Crippen molar-refractivity contribution >= 4 is 28.4 Å². The molecule has 0 radical (unpaired) electrons. The van der Waals surface area contributed by atoms with Crippen LogP contribution in [0.4, 0.5) is 11.6 Å². The third-order valence-electron chi connectivity index (χ3n) is 6.92. The SMILES string of the molecule is Cc1c(C(=O)NCC#Cc2ccc3nc(Nc4ccc(CN(C)C)cc4)ncc3c2)c(=O)n(Cc2ccccc2)n1C. The summed E-state index contributed by atoms with van der Waals surface area (Å²) >= 11 is 0. The Bertz CT molecular complexity index is 1840. The van der Waals surface area contributed by atoms with Crippen molar-refractivity contribution in [2.24, 2.45) is 7.05 Å². The fraction of sp³-hybridized carbons (Fsp3) is 0.212. The Morgan fingerprint density at radius 1 is 1.00 bits per heavy atom. The second-order valence-electron chi connectivity index (χ2n) is 10.3. The highest BCUT2D eigenvalue weighted by molar-refractivity contribution is 5.95. The molecule has 0 spiro atoms. The van der Waals surface area contributed by atoms with E-state index in [2.05, 4.69) is 49.5 Å². The smallest absolute Gasteiger partial charge is 0.280 e. The lowest BCUT2D eigenvalue weighted by molar-refractivity contribution is 0.0956. The van der Waals surface area contributed by atoms with Gasteiger partial charge in [-0.05, 0) is 62.5 Å². The molecule has 0 aliphatic heterocycles. The van der Waals surface area contributed by atoms with Gasteiger partial charge in [0.1, 0.15) is 5.56 Å². The van der Waals surface area contributed by atoms with Gasteiger partial charge in [0.2, 0.25) is 5.95 Å². The number of hydrogen-bond acceptors (Lipinski definition) is 6. The second kappa shape index (κ2) is 12.5. The molecule has 0 saturated carbocycles. The molecule has 0 bridgehead atoms. The normalized spacial score (nSPS) is 10.9. The third-order valence-corrected chi connectivity index (χ3v) is 6.92. The molecule has 2 heterocycles. The molecule has 0 aliphatic rings. The van der Waals surface area contributed by atoms with Crippen LogP contribution in [0.25, 0.3) is 10.9 Å². The minimum atomic E-state index is -0.437. The van der Waals surface area contributed by atoms with E-state index in [0.29, 0.717) is 18.2 Å². The highest BCUT2D eigenvalue weighted by Crippen LogP contribution is 2.18. The Balaban J connectivity index is 1.21. The zero-order valence-electron chi connectivity index (χ0n) is 24.2. The largest absolute Gasteiger partial charge is 0.341 e. The molecule has 42 heavy (non-hydrogen) atoms. The molecule has 9 nitrogen and oxygen atoms in total. The van der Waals surface area contributed by atoms with Crippen LogP contribution < -0.4 is 16.2 Å². The van der Waals surface area contributed by atoms with Gasteiger partial charge in [-0.2, -0.15) is 0 Å². The summed E-state index contributed by atoms with van der Waals surface area (Å²) in [5.74, 6) is 6.12. The molecule has 1 amide bonds. The van der Waals surface area contributed by atoms with Crippen molar-refractivity contribution in [3.05, 3.63) is 117 Å². The quantitative estimate of drug-likeness (QED) is 0.278. The van der Waals surface area contributed by atoms with Crippen LogP contribution in [0.15, 0.2) is 83.8 Å². The van der Waals surface area contributed by atoms with Crippen molar-refractivity contribution in [3.8, 4) is 11.8 Å². The van der Waals surface area contributed by atoms with Crippen LogP contribution in [-0.4, -0.2) is 50.8 Å². The number of hydrogen-bond donors (Lipinski definition) is 2. The molecule has 3 aromatic carbocycles. The number of nitrogens with zero attached hydrogens (tertiary/aromatic N) is 5. The van der Waals surface area contributed by atoms with Crippen molar-refractivity contribution < 1.29 is 4.79 Å². The number of rotatable bonds is 8. The maximum atomic E-state index is 13.0. The monoisotopic (exact) mass is 559 g/mol. The van der Waals surface area contributed by atoms with Crippen LogP contribution in [-0.2, 0) is 20.1 Å². The molecule has 9 heteroatoms. The van der Waals surface area contributed by atoms with E-state index in [1.54, 1.807) is 29.5 Å². The van der Waals surface area contributed by atoms with Crippen molar-refractivity contribution in [3.63, 3.8) is 0 Å². The van der Waals surface area contributed by atoms with Gasteiger partial charge < -0.3 is 15.5 Å². The summed E-state index contributed by atoms with van der Waals surface area (Å²) in [5, 5.41) is 6.87. The lowest BCUT2D eigenvalue weighted by Gasteiger charge is -2.10. The third kappa shape index (κ3) is 6.57. The Morgan fingerprint density at radius 2 is 1.76 bits per heavy atom. The first-order valence-electron chi connectivity index (χ1n) is 13.6. The summed E-state index contributed by atoms with van der Waals surface area (Å²) in [7, 11) is 5.87. The van der Waals surface area contributed by atoms with Crippen LogP contribution in [0, 0.1) is 18.8 Å². The van der Waals surface area contributed by atoms with Crippen molar-refractivity contribution in [2.45, 2.75) is 20.0 Å². The number of carbonyl (C=O) groups is 1. The summed E-state index contributed by atoms with van der Waals surface area (Å²) in [5.41, 5.74) is 5.11. The highest BCUT2D eigenvalue weighted by Gasteiger charge is 2.21. The molecule has 5 aromatic rings. The minimum Gasteiger partial charge on any atom is -0.341 e. The van der Waals surface area contributed by atoms with E-state index < -0.39 is 5.91 Å². The maximum Gasteiger partial charge on any atom is 0.280 e. The van der Waals surface area contributed by atoms with Crippen molar-refractivity contribution in [2.75, 3.05) is 26.0 Å². The Morgan fingerprint density at radius 3 is 2.50 bits per heavy atom. The molecule has 2 aromatic heterocycles. The lowest BCUT2D eigenvalue weighted by atomic mass is 10.1. The summed E-state index contributed by atoms with van der Waals surface area (Å²) in [6.07, 6.45) is 1.76. The van der Waals surface area contributed by atoms with E-state index in [1.165, 1.54) is 5.56 Å².